The molecule has 3 rings (SSSR count). The molecule has 1 saturated heterocycles. The number of thiocarbonyl (C=S) groups is 1. The minimum Gasteiger partial charge on any atom is -0.462 e. The highest BCUT2D eigenvalue weighted by molar-refractivity contribution is 8.26. The van der Waals surface area contributed by atoms with E-state index in [1.54, 1.807) is 0 Å². The summed E-state index contributed by atoms with van der Waals surface area (Å²) in [6, 6.07) is 9.66. The van der Waals surface area contributed by atoms with Gasteiger partial charge in [-0.25, -0.2) is 0 Å². The largest absolute Gasteiger partial charge is 0.462 e. The van der Waals surface area contributed by atoms with Crippen molar-refractivity contribution in [1.29, 1.82) is 0 Å². The van der Waals surface area contributed by atoms with Crippen LogP contribution < -0.4 is 0 Å². The molecular weight excluding hydrogens is 354 g/mol. The van der Waals surface area contributed by atoms with Crippen LogP contribution in [-0.4, -0.2) is 33.7 Å². The number of carbonyl (C=O) groups is 2. The van der Waals surface area contributed by atoms with E-state index in [0.29, 0.717) is 9.23 Å². The molecule has 0 atom stereocenters. The first-order valence-corrected chi connectivity index (χ1v) is 9.86. The van der Waals surface area contributed by atoms with Crippen molar-refractivity contribution in [2.24, 2.45) is 0 Å². The lowest BCUT2D eigenvalue weighted by atomic mass is 9.98. The van der Waals surface area contributed by atoms with Gasteiger partial charge >= 0.3 is 5.97 Å². The third kappa shape index (κ3) is 4.92. The first-order valence-electron chi connectivity index (χ1n) is 8.63. The molecule has 25 heavy (non-hydrogen) atoms. The zero-order valence-electron chi connectivity index (χ0n) is 14.0. The molecule has 0 radical (unpaired) electrons. The van der Waals surface area contributed by atoms with Crippen LogP contribution >= 0.6 is 24.0 Å². The minimum absolute atomic E-state index is 0.0467. The molecule has 1 aromatic rings. The molecule has 132 valence electrons. The number of rotatable bonds is 5. The molecule has 1 aliphatic carbocycles. The highest BCUT2D eigenvalue weighted by Gasteiger charge is 2.32. The van der Waals surface area contributed by atoms with Crippen LogP contribution in [0.25, 0.3) is 6.08 Å². The summed E-state index contributed by atoms with van der Waals surface area (Å²) in [5, 5.41) is 0. The Bertz CT molecular complexity index is 681. The Morgan fingerprint density at radius 2 is 1.96 bits per heavy atom. The van der Waals surface area contributed by atoms with E-state index >= 15 is 0 Å². The number of amides is 1. The number of thioether (sulfide) groups is 1. The highest BCUT2D eigenvalue weighted by Crippen LogP contribution is 2.32. The molecule has 2 aliphatic rings. The Kier molecular flexibility index (Phi) is 6.26. The van der Waals surface area contributed by atoms with Crippen LogP contribution in [0.4, 0.5) is 0 Å². The van der Waals surface area contributed by atoms with Crippen molar-refractivity contribution >= 4 is 46.3 Å². The van der Waals surface area contributed by atoms with Gasteiger partial charge in [0, 0.05) is 6.54 Å². The van der Waals surface area contributed by atoms with Crippen molar-refractivity contribution in [2.75, 3.05) is 6.54 Å². The molecule has 0 bridgehead atoms. The van der Waals surface area contributed by atoms with Gasteiger partial charge in [-0.1, -0.05) is 60.7 Å². The molecule has 1 amide bonds. The highest BCUT2D eigenvalue weighted by atomic mass is 32.2. The molecule has 1 heterocycles. The summed E-state index contributed by atoms with van der Waals surface area (Å²) >= 11 is 6.58. The fourth-order valence-electron chi connectivity index (χ4n) is 3.02. The molecule has 0 N–H and O–H groups in total. The number of hydrogen-bond donors (Lipinski definition) is 0. The van der Waals surface area contributed by atoms with E-state index in [0.717, 1.165) is 31.2 Å². The van der Waals surface area contributed by atoms with E-state index in [9.17, 15) is 9.59 Å². The standard InChI is InChI=1S/C19H21NO3S2/c21-17(23-15-9-5-2-6-10-15)11-12-20-18(22)16(25-19(20)24)13-14-7-3-1-4-8-14/h1,3-4,7-8,13,15H,2,5-6,9-12H2/b16-13-. The fraction of sp³-hybridized carbons (Fsp3) is 0.421. The van der Waals surface area contributed by atoms with Crippen LogP contribution in [0, 0.1) is 0 Å². The van der Waals surface area contributed by atoms with Crippen LogP contribution in [0.3, 0.4) is 0 Å². The molecule has 4 nitrogen and oxygen atoms in total. The van der Waals surface area contributed by atoms with Crippen molar-refractivity contribution in [3.63, 3.8) is 0 Å². The lowest BCUT2D eigenvalue weighted by molar-refractivity contribution is -0.150. The Balaban J connectivity index is 1.54. The maximum atomic E-state index is 12.5. The molecule has 1 saturated carbocycles. The van der Waals surface area contributed by atoms with Gasteiger partial charge in [-0.2, -0.15) is 0 Å². The van der Waals surface area contributed by atoms with Crippen LogP contribution in [0.15, 0.2) is 35.2 Å². The number of carbonyl (C=O) groups excluding carboxylic acids is 2. The van der Waals surface area contributed by atoms with Crippen molar-refractivity contribution < 1.29 is 14.3 Å². The number of nitrogens with zero attached hydrogens (tertiary/aromatic N) is 1. The summed E-state index contributed by atoms with van der Waals surface area (Å²) in [5.74, 6) is -0.377. The molecule has 6 heteroatoms. The van der Waals surface area contributed by atoms with Gasteiger partial charge in [0.25, 0.3) is 5.91 Å². The quantitative estimate of drug-likeness (QED) is 0.439. The Morgan fingerprint density at radius 1 is 1.24 bits per heavy atom. The van der Waals surface area contributed by atoms with Gasteiger partial charge in [0.2, 0.25) is 0 Å². The van der Waals surface area contributed by atoms with E-state index < -0.39 is 0 Å². The molecule has 0 unspecified atom stereocenters. The Labute approximate surface area is 157 Å². The van der Waals surface area contributed by atoms with E-state index in [1.165, 1.54) is 23.1 Å². The third-order valence-electron chi connectivity index (χ3n) is 4.36. The zero-order valence-corrected chi connectivity index (χ0v) is 15.6. The van der Waals surface area contributed by atoms with Crippen LogP contribution in [0.5, 0.6) is 0 Å². The summed E-state index contributed by atoms with van der Waals surface area (Å²) in [5.41, 5.74) is 0.958. The van der Waals surface area contributed by atoms with Crippen LogP contribution in [0.2, 0.25) is 0 Å². The van der Waals surface area contributed by atoms with Crippen molar-refractivity contribution in [3.05, 3.63) is 40.8 Å². The summed E-state index contributed by atoms with van der Waals surface area (Å²) in [6.45, 7) is 0.280. The molecule has 1 aromatic carbocycles. The van der Waals surface area contributed by atoms with E-state index in [1.807, 2.05) is 36.4 Å². The van der Waals surface area contributed by atoms with Gasteiger partial charge in [-0.05, 0) is 37.3 Å². The molecule has 2 fully saturated rings. The summed E-state index contributed by atoms with van der Waals surface area (Å²) < 4.78 is 6.00. The van der Waals surface area contributed by atoms with E-state index in [4.69, 9.17) is 17.0 Å². The van der Waals surface area contributed by atoms with Crippen molar-refractivity contribution in [3.8, 4) is 0 Å². The Hall–Kier alpha value is -1.66. The monoisotopic (exact) mass is 375 g/mol. The predicted octanol–water partition coefficient (Wildman–Crippen LogP) is 4.15. The number of benzene rings is 1. The first kappa shape index (κ1) is 18.1. The summed E-state index contributed by atoms with van der Waals surface area (Å²) in [6.07, 6.45) is 7.43. The summed E-state index contributed by atoms with van der Waals surface area (Å²) in [7, 11) is 0. The molecular formula is C19H21NO3S2. The van der Waals surface area contributed by atoms with Crippen molar-refractivity contribution in [2.45, 2.75) is 44.6 Å². The Morgan fingerprint density at radius 3 is 2.68 bits per heavy atom. The molecule has 0 aromatic heterocycles. The zero-order chi connectivity index (χ0) is 17.6. The van der Waals surface area contributed by atoms with E-state index in [-0.39, 0.29) is 30.9 Å². The van der Waals surface area contributed by atoms with Crippen molar-refractivity contribution in [1.82, 2.24) is 4.90 Å². The normalized spacial score (nSPS) is 20.3. The fourth-order valence-corrected chi connectivity index (χ4v) is 4.33. The van der Waals surface area contributed by atoms with Gasteiger partial charge < -0.3 is 4.74 Å². The molecule has 1 aliphatic heterocycles. The van der Waals surface area contributed by atoms with Gasteiger partial charge in [-0.15, -0.1) is 0 Å². The average Bonchev–Trinajstić information content (AvgIpc) is 2.88. The summed E-state index contributed by atoms with van der Waals surface area (Å²) in [4.78, 5) is 26.6. The maximum Gasteiger partial charge on any atom is 0.307 e. The van der Waals surface area contributed by atoms with Gasteiger partial charge in [0.1, 0.15) is 10.4 Å². The van der Waals surface area contributed by atoms with Crippen LogP contribution in [0.1, 0.15) is 44.1 Å². The van der Waals surface area contributed by atoms with Gasteiger partial charge in [0.05, 0.1) is 11.3 Å². The topological polar surface area (TPSA) is 46.6 Å². The second kappa shape index (κ2) is 8.63. The third-order valence-corrected chi connectivity index (χ3v) is 5.74. The predicted molar refractivity (Wildman–Crippen MR) is 104 cm³/mol. The number of hydrogen-bond acceptors (Lipinski definition) is 5. The second-order valence-corrected chi connectivity index (χ2v) is 7.92. The lowest BCUT2D eigenvalue weighted by Crippen LogP contribution is -2.31. The van der Waals surface area contributed by atoms with Gasteiger partial charge in [-0.3, -0.25) is 14.5 Å². The lowest BCUT2D eigenvalue weighted by Gasteiger charge is -2.22. The smallest absolute Gasteiger partial charge is 0.307 e. The van der Waals surface area contributed by atoms with Gasteiger partial charge in [0.15, 0.2) is 0 Å². The first-order chi connectivity index (χ1) is 12.1. The average molecular weight is 376 g/mol. The second-order valence-electron chi connectivity index (χ2n) is 6.24. The molecule has 0 spiro atoms. The minimum atomic E-state index is -0.243. The maximum absolute atomic E-state index is 12.5. The number of esters is 1. The van der Waals surface area contributed by atoms with E-state index in [2.05, 4.69) is 0 Å². The number of ether oxygens (including phenoxy) is 1. The SMILES string of the molecule is O=C(CCN1C(=O)/C(=C/c2ccccc2)SC1=S)OC1CCCCC1. The van der Waals surface area contributed by atoms with Crippen LogP contribution in [-0.2, 0) is 14.3 Å².